The van der Waals surface area contributed by atoms with Crippen LogP contribution in [-0.4, -0.2) is 6.54 Å². The summed E-state index contributed by atoms with van der Waals surface area (Å²) in [5.74, 6) is 1.94. The zero-order chi connectivity index (χ0) is 11.0. The van der Waals surface area contributed by atoms with E-state index >= 15 is 0 Å². The maximum Gasteiger partial charge on any atom is 0.0354 e. The molecule has 3 unspecified atom stereocenters. The Labute approximate surface area is 98.3 Å². The van der Waals surface area contributed by atoms with Crippen molar-refractivity contribution in [3.8, 4) is 0 Å². The van der Waals surface area contributed by atoms with Crippen molar-refractivity contribution in [1.82, 2.24) is 5.32 Å². The first-order valence-electron chi connectivity index (χ1n) is 6.71. The molecule has 0 spiro atoms. The van der Waals surface area contributed by atoms with Crippen molar-refractivity contribution in [2.75, 3.05) is 6.54 Å². The summed E-state index contributed by atoms with van der Waals surface area (Å²) in [5.41, 5.74) is 3.16. The summed E-state index contributed by atoms with van der Waals surface area (Å²) in [4.78, 5) is 0. The molecule has 0 radical (unpaired) electrons. The molecule has 1 heteroatoms. The van der Waals surface area contributed by atoms with Crippen LogP contribution in [0.4, 0.5) is 0 Å². The molecule has 3 rings (SSSR count). The molecule has 1 aromatic carbocycles. The predicted octanol–water partition coefficient (Wildman–Crippen LogP) is 3.31. The fourth-order valence-corrected chi connectivity index (χ4v) is 3.12. The predicted molar refractivity (Wildman–Crippen MR) is 67.4 cm³/mol. The van der Waals surface area contributed by atoms with Gasteiger partial charge < -0.3 is 5.32 Å². The van der Waals surface area contributed by atoms with Gasteiger partial charge in [-0.15, -0.1) is 0 Å². The minimum Gasteiger partial charge on any atom is -0.309 e. The SMILES string of the molecule is CCCCc1ccccc1C1NCC2CC21. The van der Waals surface area contributed by atoms with Crippen molar-refractivity contribution in [2.24, 2.45) is 11.8 Å². The van der Waals surface area contributed by atoms with Crippen molar-refractivity contribution < 1.29 is 0 Å². The highest BCUT2D eigenvalue weighted by Crippen LogP contribution is 2.52. The van der Waals surface area contributed by atoms with E-state index < -0.39 is 0 Å². The number of rotatable bonds is 4. The highest BCUT2D eigenvalue weighted by molar-refractivity contribution is 5.33. The van der Waals surface area contributed by atoms with Crippen LogP contribution < -0.4 is 5.32 Å². The van der Waals surface area contributed by atoms with Crippen molar-refractivity contribution in [2.45, 2.75) is 38.6 Å². The average Bonchev–Trinajstić information content (AvgIpc) is 2.99. The van der Waals surface area contributed by atoms with Crippen LogP contribution >= 0.6 is 0 Å². The highest BCUT2D eigenvalue weighted by Gasteiger charge is 2.48. The van der Waals surface area contributed by atoms with Crippen LogP contribution in [0.2, 0.25) is 0 Å². The number of aryl methyl sites for hydroxylation is 1. The van der Waals surface area contributed by atoms with Crippen molar-refractivity contribution in [1.29, 1.82) is 0 Å². The molecule has 2 fully saturated rings. The molecule has 1 aromatic rings. The quantitative estimate of drug-likeness (QED) is 0.812. The van der Waals surface area contributed by atoms with E-state index in [1.807, 2.05) is 0 Å². The van der Waals surface area contributed by atoms with Crippen LogP contribution in [0.1, 0.15) is 43.4 Å². The van der Waals surface area contributed by atoms with Crippen LogP contribution in [0.25, 0.3) is 0 Å². The second kappa shape index (κ2) is 4.21. The number of hydrogen-bond donors (Lipinski definition) is 1. The van der Waals surface area contributed by atoms with E-state index in [9.17, 15) is 0 Å². The standard InChI is InChI=1S/C15H21N/c1-2-3-6-11-7-4-5-8-13(11)15-14-9-12(14)10-16-15/h4-5,7-8,12,14-16H,2-3,6,9-10H2,1H3. The lowest BCUT2D eigenvalue weighted by molar-refractivity contribution is 0.556. The molecule has 2 aliphatic rings. The molecule has 1 nitrogen and oxygen atoms in total. The summed E-state index contributed by atoms with van der Waals surface area (Å²) in [6, 6.07) is 9.71. The van der Waals surface area contributed by atoms with Gasteiger partial charge in [0.25, 0.3) is 0 Å². The first-order chi connectivity index (χ1) is 7.90. The third kappa shape index (κ3) is 1.78. The van der Waals surface area contributed by atoms with Crippen molar-refractivity contribution in [3.05, 3.63) is 35.4 Å². The van der Waals surface area contributed by atoms with Gasteiger partial charge in [0, 0.05) is 6.04 Å². The number of piperidine rings is 1. The third-order valence-corrected chi connectivity index (χ3v) is 4.20. The number of fused-ring (bicyclic) bond motifs is 1. The molecule has 1 aliphatic carbocycles. The molecule has 1 saturated carbocycles. The van der Waals surface area contributed by atoms with Crippen LogP contribution in [0.3, 0.4) is 0 Å². The second-order valence-corrected chi connectivity index (χ2v) is 5.35. The minimum absolute atomic E-state index is 0.665. The number of hydrogen-bond acceptors (Lipinski definition) is 1. The summed E-state index contributed by atoms with van der Waals surface area (Å²) < 4.78 is 0. The Balaban J connectivity index is 1.81. The molecule has 1 saturated heterocycles. The third-order valence-electron chi connectivity index (χ3n) is 4.20. The van der Waals surface area contributed by atoms with Gasteiger partial charge in [-0.25, -0.2) is 0 Å². The second-order valence-electron chi connectivity index (χ2n) is 5.35. The lowest BCUT2D eigenvalue weighted by atomic mass is 9.94. The first-order valence-corrected chi connectivity index (χ1v) is 6.71. The summed E-state index contributed by atoms with van der Waals surface area (Å²) in [7, 11) is 0. The molecule has 0 bridgehead atoms. The van der Waals surface area contributed by atoms with Crippen LogP contribution in [0, 0.1) is 11.8 Å². The molecular formula is C15H21N. The average molecular weight is 215 g/mol. The smallest absolute Gasteiger partial charge is 0.0354 e. The fourth-order valence-electron chi connectivity index (χ4n) is 3.12. The summed E-state index contributed by atoms with van der Waals surface area (Å²) >= 11 is 0. The normalized spacial score (nSPS) is 31.4. The van der Waals surface area contributed by atoms with Gasteiger partial charge in [-0.3, -0.25) is 0 Å². The van der Waals surface area contributed by atoms with Crippen LogP contribution in [0.5, 0.6) is 0 Å². The van der Waals surface area contributed by atoms with Crippen LogP contribution in [-0.2, 0) is 6.42 Å². The Morgan fingerprint density at radius 3 is 2.88 bits per heavy atom. The van der Waals surface area contributed by atoms with Crippen molar-refractivity contribution in [3.63, 3.8) is 0 Å². The molecule has 1 N–H and O–H groups in total. The van der Waals surface area contributed by atoms with Gasteiger partial charge in [-0.2, -0.15) is 0 Å². The van der Waals surface area contributed by atoms with Gasteiger partial charge in [0.2, 0.25) is 0 Å². The maximum atomic E-state index is 3.69. The van der Waals surface area contributed by atoms with E-state index in [0.29, 0.717) is 6.04 Å². The van der Waals surface area contributed by atoms with Gasteiger partial charge in [0.15, 0.2) is 0 Å². The van der Waals surface area contributed by atoms with E-state index in [-0.39, 0.29) is 0 Å². The Kier molecular flexibility index (Phi) is 2.72. The Hall–Kier alpha value is -0.820. The number of benzene rings is 1. The van der Waals surface area contributed by atoms with Crippen molar-refractivity contribution >= 4 is 0 Å². The number of nitrogens with one attached hydrogen (secondary N) is 1. The fraction of sp³-hybridized carbons (Fsp3) is 0.600. The van der Waals surface area contributed by atoms with Gasteiger partial charge in [-0.1, -0.05) is 37.6 Å². The highest BCUT2D eigenvalue weighted by atomic mass is 15.0. The van der Waals surface area contributed by atoms with E-state index in [2.05, 4.69) is 36.5 Å². The lowest BCUT2D eigenvalue weighted by Crippen LogP contribution is -2.19. The summed E-state index contributed by atoms with van der Waals surface area (Å²) in [5, 5.41) is 3.69. The Morgan fingerprint density at radius 2 is 2.19 bits per heavy atom. The van der Waals surface area contributed by atoms with Gasteiger partial charge in [0.05, 0.1) is 0 Å². The largest absolute Gasteiger partial charge is 0.309 e. The molecule has 3 atom stereocenters. The molecule has 1 aliphatic heterocycles. The molecule has 1 heterocycles. The minimum atomic E-state index is 0.665. The maximum absolute atomic E-state index is 3.69. The molecule has 0 amide bonds. The monoisotopic (exact) mass is 215 g/mol. The van der Waals surface area contributed by atoms with E-state index in [0.717, 1.165) is 11.8 Å². The summed E-state index contributed by atoms with van der Waals surface area (Å²) in [6.07, 6.45) is 5.32. The van der Waals surface area contributed by atoms with E-state index in [1.54, 1.807) is 11.1 Å². The van der Waals surface area contributed by atoms with E-state index in [1.165, 1.54) is 32.2 Å². The summed E-state index contributed by atoms with van der Waals surface area (Å²) in [6.45, 7) is 3.52. The van der Waals surface area contributed by atoms with Gasteiger partial charge in [-0.05, 0) is 48.8 Å². The molecule has 16 heavy (non-hydrogen) atoms. The Bertz CT molecular complexity index is 371. The molecular weight excluding hydrogens is 194 g/mol. The van der Waals surface area contributed by atoms with Gasteiger partial charge in [0.1, 0.15) is 0 Å². The first kappa shape index (κ1) is 10.3. The lowest BCUT2D eigenvalue weighted by Gasteiger charge is -2.18. The molecule has 0 aromatic heterocycles. The molecule has 86 valence electrons. The Morgan fingerprint density at radius 1 is 1.31 bits per heavy atom. The van der Waals surface area contributed by atoms with Crippen LogP contribution in [0.15, 0.2) is 24.3 Å². The van der Waals surface area contributed by atoms with Gasteiger partial charge >= 0.3 is 0 Å². The van der Waals surface area contributed by atoms with E-state index in [4.69, 9.17) is 0 Å². The number of unbranched alkanes of at least 4 members (excludes halogenated alkanes) is 1. The zero-order valence-electron chi connectivity index (χ0n) is 10.1. The zero-order valence-corrected chi connectivity index (χ0v) is 10.1. The topological polar surface area (TPSA) is 12.0 Å².